The van der Waals surface area contributed by atoms with Gasteiger partial charge in [0.25, 0.3) is 5.91 Å². The van der Waals surface area contributed by atoms with Crippen molar-refractivity contribution in [3.63, 3.8) is 0 Å². The minimum absolute atomic E-state index is 0.0446. The normalized spacial score (nSPS) is 15.0. The van der Waals surface area contributed by atoms with Crippen molar-refractivity contribution in [1.82, 2.24) is 9.80 Å². The van der Waals surface area contributed by atoms with Gasteiger partial charge in [0, 0.05) is 37.4 Å². The summed E-state index contributed by atoms with van der Waals surface area (Å²) in [7, 11) is -3.85. The third kappa shape index (κ3) is 5.33. The Balaban J connectivity index is 1.63. The van der Waals surface area contributed by atoms with Crippen LogP contribution in [-0.4, -0.2) is 56.3 Å². The van der Waals surface area contributed by atoms with Crippen LogP contribution in [0.25, 0.3) is 0 Å². The molecule has 3 rings (SSSR count). The smallest absolute Gasteiger partial charge is 0.321 e. The molecule has 0 unspecified atom stereocenters. The fourth-order valence-electron chi connectivity index (χ4n) is 3.24. The number of sulfonamides is 1. The van der Waals surface area contributed by atoms with Crippen LogP contribution in [0.5, 0.6) is 0 Å². The van der Waals surface area contributed by atoms with E-state index in [-0.39, 0.29) is 16.8 Å². The third-order valence-electron chi connectivity index (χ3n) is 4.75. The van der Waals surface area contributed by atoms with Gasteiger partial charge in [0.15, 0.2) is 0 Å². The van der Waals surface area contributed by atoms with Gasteiger partial charge in [-0.15, -0.1) is 0 Å². The fraction of sp³-hybridized carbons (Fsp3) is 0.300. The zero-order valence-electron chi connectivity index (χ0n) is 16.2. The summed E-state index contributed by atoms with van der Waals surface area (Å²) >= 11 is 0. The Hall–Kier alpha value is -2.91. The minimum atomic E-state index is -3.85. The molecule has 8 nitrogen and oxygen atoms in total. The summed E-state index contributed by atoms with van der Waals surface area (Å²) in [6, 6.07) is 12.9. The van der Waals surface area contributed by atoms with Gasteiger partial charge >= 0.3 is 6.03 Å². The van der Waals surface area contributed by atoms with E-state index in [2.05, 4.69) is 5.32 Å². The molecule has 2 aromatic carbocycles. The third-order valence-corrected chi connectivity index (χ3v) is 5.66. The Morgan fingerprint density at radius 2 is 1.66 bits per heavy atom. The van der Waals surface area contributed by atoms with Crippen molar-refractivity contribution in [3.8, 4) is 0 Å². The lowest BCUT2D eigenvalue weighted by Crippen LogP contribution is -2.39. The lowest BCUT2D eigenvalue weighted by molar-refractivity contribution is 0.0762. The van der Waals surface area contributed by atoms with Crippen LogP contribution >= 0.6 is 0 Å². The van der Waals surface area contributed by atoms with Crippen molar-refractivity contribution >= 4 is 27.6 Å². The Kier molecular flexibility index (Phi) is 6.19. The van der Waals surface area contributed by atoms with Gasteiger partial charge < -0.3 is 15.1 Å². The molecule has 1 heterocycles. The summed E-state index contributed by atoms with van der Waals surface area (Å²) in [6.07, 6.45) is 0.655. The van der Waals surface area contributed by atoms with E-state index in [0.717, 1.165) is 5.56 Å². The monoisotopic (exact) mass is 416 g/mol. The van der Waals surface area contributed by atoms with Crippen molar-refractivity contribution < 1.29 is 18.0 Å². The van der Waals surface area contributed by atoms with Crippen molar-refractivity contribution in [1.29, 1.82) is 0 Å². The summed E-state index contributed by atoms with van der Waals surface area (Å²) in [5.74, 6) is -0.0446. The number of nitrogens with one attached hydrogen (secondary N) is 1. The Morgan fingerprint density at radius 1 is 0.966 bits per heavy atom. The number of urea groups is 1. The maximum atomic E-state index is 12.7. The second-order valence-corrected chi connectivity index (χ2v) is 8.57. The largest absolute Gasteiger partial charge is 0.337 e. The lowest BCUT2D eigenvalue weighted by atomic mass is 10.1. The highest BCUT2D eigenvalue weighted by Gasteiger charge is 2.23. The standard InChI is InChI=1S/C20H24N4O4S/c1-15-5-2-6-16(13-15)19(25)23-9-4-10-24(12-11-23)20(26)22-17-7-3-8-18(14-17)29(21,27)28/h2-3,5-8,13-14H,4,9-12H2,1H3,(H,22,26)(H2,21,27,28). The number of nitrogens with two attached hydrogens (primary N) is 1. The molecule has 1 aliphatic heterocycles. The molecule has 2 aromatic rings. The van der Waals surface area contributed by atoms with Gasteiger partial charge in [-0.25, -0.2) is 18.4 Å². The first kappa shape index (κ1) is 20.8. The van der Waals surface area contributed by atoms with Gasteiger partial charge in [-0.2, -0.15) is 0 Å². The van der Waals surface area contributed by atoms with Crippen LogP contribution in [0.2, 0.25) is 0 Å². The van der Waals surface area contributed by atoms with E-state index in [9.17, 15) is 18.0 Å². The zero-order valence-corrected chi connectivity index (χ0v) is 17.0. The van der Waals surface area contributed by atoms with Gasteiger partial charge in [0.05, 0.1) is 4.90 Å². The highest BCUT2D eigenvalue weighted by Crippen LogP contribution is 2.16. The van der Waals surface area contributed by atoms with Crippen molar-refractivity contribution in [2.24, 2.45) is 5.14 Å². The molecule has 0 aliphatic carbocycles. The number of hydrogen-bond donors (Lipinski definition) is 2. The number of hydrogen-bond acceptors (Lipinski definition) is 4. The van der Waals surface area contributed by atoms with Crippen molar-refractivity contribution in [3.05, 3.63) is 59.7 Å². The van der Waals surface area contributed by atoms with Crippen molar-refractivity contribution in [2.75, 3.05) is 31.5 Å². The molecule has 0 aromatic heterocycles. The number of carbonyl (C=O) groups excluding carboxylic acids is 2. The molecule has 1 fully saturated rings. The number of rotatable bonds is 3. The molecular formula is C20H24N4O4S. The Bertz CT molecular complexity index is 1020. The van der Waals surface area contributed by atoms with Crippen LogP contribution in [0, 0.1) is 6.92 Å². The highest BCUT2D eigenvalue weighted by atomic mass is 32.2. The summed E-state index contributed by atoms with van der Waals surface area (Å²) in [6.45, 7) is 3.82. The second-order valence-electron chi connectivity index (χ2n) is 7.01. The van der Waals surface area contributed by atoms with Crippen LogP contribution in [0.1, 0.15) is 22.3 Å². The number of carbonyl (C=O) groups is 2. The van der Waals surface area contributed by atoms with Crippen LogP contribution in [-0.2, 0) is 10.0 Å². The van der Waals surface area contributed by atoms with E-state index < -0.39 is 10.0 Å². The Morgan fingerprint density at radius 3 is 2.38 bits per heavy atom. The quantitative estimate of drug-likeness (QED) is 0.797. The van der Waals surface area contributed by atoms with E-state index in [1.54, 1.807) is 21.9 Å². The van der Waals surface area contributed by atoms with E-state index in [4.69, 9.17) is 5.14 Å². The summed E-state index contributed by atoms with van der Waals surface area (Å²) in [4.78, 5) is 28.6. The van der Waals surface area contributed by atoms with E-state index >= 15 is 0 Å². The molecular weight excluding hydrogens is 392 g/mol. The van der Waals surface area contributed by atoms with Crippen LogP contribution in [0.4, 0.5) is 10.5 Å². The first-order valence-corrected chi connectivity index (χ1v) is 10.8. The summed E-state index contributed by atoms with van der Waals surface area (Å²) in [5, 5.41) is 7.83. The predicted molar refractivity (Wildman–Crippen MR) is 110 cm³/mol. The zero-order chi connectivity index (χ0) is 21.0. The molecule has 0 bridgehead atoms. The number of primary sulfonamides is 1. The molecule has 29 heavy (non-hydrogen) atoms. The average Bonchev–Trinajstić information content (AvgIpc) is 2.93. The molecule has 3 amide bonds. The summed E-state index contributed by atoms with van der Waals surface area (Å²) in [5.41, 5.74) is 2.01. The minimum Gasteiger partial charge on any atom is -0.337 e. The van der Waals surface area contributed by atoms with Gasteiger partial charge in [0.2, 0.25) is 10.0 Å². The van der Waals surface area contributed by atoms with Gasteiger partial charge in [-0.1, -0.05) is 23.8 Å². The average molecular weight is 417 g/mol. The molecule has 0 atom stereocenters. The highest BCUT2D eigenvalue weighted by molar-refractivity contribution is 7.89. The van der Waals surface area contributed by atoms with E-state index in [1.165, 1.54) is 18.2 Å². The number of nitrogens with zero attached hydrogens (tertiary/aromatic N) is 2. The lowest BCUT2D eigenvalue weighted by Gasteiger charge is -2.22. The SMILES string of the molecule is Cc1cccc(C(=O)N2CCCN(C(=O)Nc3cccc(S(N)(=O)=O)c3)CC2)c1. The molecule has 1 saturated heterocycles. The van der Waals surface area contributed by atoms with Crippen LogP contribution < -0.4 is 10.5 Å². The Labute approximate surface area is 170 Å². The molecule has 3 N–H and O–H groups in total. The van der Waals surface area contributed by atoms with Crippen molar-refractivity contribution in [2.45, 2.75) is 18.2 Å². The van der Waals surface area contributed by atoms with Gasteiger partial charge in [-0.3, -0.25) is 4.79 Å². The topological polar surface area (TPSA) is 113 Å². The number of anilines is 1. The number of benzene rings is 2. The van der Waals surface area contributed by atoms with Crippen LogP contribution in [0.15, 0.2) is 53.4 Å². The van der Waals surface area contributed by atoms with Gasteiger partial charge in [-0.05, 0) is 43.7 Å². The molecule has 0 spiro atoms. The molecule has 154 valence electrons. The predicted octanol–water partition coefficient (Wildman–Crippen LogP) is 2.02. The van der Waals surface area contributed by atoms with E-state index in [0.29, 0.717) is 43.9 Å². The first-order valence-electron chi connectivity index (χ1n) is 9.29. The molecule has 9 heteroatoms. The number of aryl methyl sites for hydroxylation is 1. The maximum absolute atomic E-state index is 12.7. The molecule has 0 saturated carbocycles. The van der Waals surface area contributed by atoms with Gasteiger partial charge in [0.1, 0.15) is 0 Å². The van der Waals surface area contributed by atoms with E-state index in [1.807, 2.05) is 25.1 Å². The maximum Gasteiger partial charge on any atom is 0.321 e. The fourth-order valence-corrected chi connectivity index (χ4v) is 3.80. The number of amides is 3. The molecule has 0 radical (unpaired) electrons. The second kappa shape index (κ2) is 8.62. The van der Waals surface area contributed by atoms with Crippen LogP contribution in [0.3, 0.4) is 0 Å². The first-order chi connectivity index (χ1) is 13.7. The molecule has 1 aliphatic rings. The summed E-state index contributed by atoms with van der Waals surface area (Å²) < 4.78 is 22.9.